The summed E-state index contributed by atoms with van der Waals surface area (Å²) in [4.78, 5) is 21.2. The van der Waals surface area contributed by atoms with Gasteiger partial charge in [-0.2, -0.15) is 5.10 Å². The number of aromatic nitrogens is 2. The van der Waals surface area contributed by atoms with E-state index < -0.39 is 4.92 Å². The van der Waals surface area contributed by atoms with Crippen molar-refractivity contribution >= 4 is 23.1 Å². The van der Waals surface area contributed by atoms with Gasteiger partial charge in [-0.3, -0.25) is 19.6 Å². The Morgan fingerprint density at radius 3 is 2.79 bits per heavy atom. The Hall–Kier alpha value is -2.21. The summed E-state index contributed by atoms with van der Waals surface area (Å²) in [5.74, 6) is -0.0685. The maximum atomic E-state index is 11.1. The SMILES string of the molecule is CC(=O)c1cnn(Cc2ccc([N+](=O)[O-])cc2Cl)c1. The van der Waals surface area contributed by atoms with Gasteiger partial charge in [0.15, 0.2) is 5.78 Å². The highest BCUT2D eigenvalue weighted by molar-refractivity contribution is 6.31. The number of hydrogen-bond acceptors (Lipinski definition) is 4. The third-order valence-electron chi connectivity index (χ3n) is 2.62. The second kappa shape index (κ2) is 5.19. The number of rotatable bonds is 4. The first-order valence-corrected chi connectivity index (χ1v) is 5.81. The van der Waals surface area contributed by atoms with Crippen molar-refractivity contribution in [2.75, 3.05) is 0 Å². The van der Waals surface area contributed by atoms with Crippen LogP contribution < -0.4 is 0 Å². The lowest BCUT2D eigenvalue weighted by atomic mass is 10.2. The number of nitro groups is 1. The number of carbonyl (C=O) groups is 1. The van der Waals surface area contributed by atoms with Gasteiger partial charge in [0, 0.05) is 18.3 Å². The van der Waals surface area contributed by atoms with Crippen LogP contribution in [-0.4, -0.2) is 20.5 Å². The first kappa shape index (κ1) is 13.2. The van der Waals surface area contributed by atoms with Crippen LogP contribution in [0.3, 0.4) is 0 Å². The molecule has 0 aliphatic carbocycles. The van der Waals surface area contributed by atoms with E-state index in [9.17, 15) is 14.9 Å². The molecular formula is C12H10ClN3O3. The summed E-state index contributed by atoms with van der Waals surface area (Å²) in [5, 5.41) is 14.9. The van der Waals surface area contributed by atoms with Crippen LogP contribution in [-0.2, 0) is 6.54 Å². The molecule has 0 radical (unpaired) electrons. The zero-order chi connectivity index (χ0) is 14.0. The topological polar surface area (TPSA) is 78.0 Å². The standard InChI is InChI=1S/C12H10ClN3O3/c1-8(17)10-5-14-15(7-10)6-9-2-3-11(16(18)19)4-12(9)13/h2-5,7H,6H2,1H3. The van der Waals surface area contributed by atoms with Crippen molar-refractivity contribution in [2.45, 2.75) is 13.5 Å². The Morgan fingerprint density at radius 1 is 1.53 bits per heavy atom. The number of non-ortho nitro benzene ring substituents is 1. The Morgan fingerprint density at radius 2 is 2.26 bits per heavy atom. The van der Waals surface area contributed by atoms with Crippen molar-refractivity contribution in [3.8, 4) is 0 Å². The third kappa shape index (κ3) is 2.97. The molecule has 0 unspecified atom stereocenters. The molecule has 0 aliphatic heterocycles. The van der Waals surface area contributed by atoms with E-state index in [0.717, 1.165) is 0 Å². The van der Waals surface area contributed by atoms with Crippen LogP contribution in [0.15, 0.2) is 30.6 Å². The second-order valence-corrected chi connectivity index (χ2v) is 4.42. The van der Waals surface area contributed by atoms with Crippen LogP contribution in [0.1, 0.15) is 22.8 Å². The summed E-state index contributed by atoms with van der Waals surface area (Å²) < 4.78 is 1.56. The molecule has 0 amide bonds. The minimum atomic E-state index is -0.503. The van der Waals surface area contributed by atoms with E-state index in [4.69, 9.17) is 11.6 Å². The molecule has 7 heteroatoms. The third-order valence-corrected chi connectivity index (χ3v) is 2.97. The quantitative estimate of drug-likeness (QED) is 0.490. The first-order chi connectivity index (χ1) is 8.97. The van der Waals surface area contributed by atoms with Crippen molar-refractivity contribution in [1.82, 2.24) is 9.78 Å². The summed E-state index contributed by atoms with van der Waals surface area (Å²) in [6.07, 6.45) is 3.09. The smallest absolute Gasteiger partial charge is 0.270 e. The molecule has 0 N–H and O–H groups in total. The molecule has 0 saturated carbocycles. The van der Waals surface area contributed by atoms with Gasteiger partial charge in [0.1, 0.15) is 0 Å². The fraction of sp³-hybridized carbons (Fsp3) is 0.167. The molecule has 1 aromatic carbocycles. The average molecular weight is 280 g/mol. The lowest BCUT2D eigenvalue weighted by Gasteiger charge is -2.04. The highest BCUT2D eigenvalue weighted by Crippen LogP contribution is 2.23. The van der Waals surface area contributed by atoms with Crippen LogP contribution in [0.5, 0.6) is 0 Å². The van der Waals surface area contributed by atoms with Gasteiger partial charge in [-0.1, -0.05) is 11.6 Å². The van der Waals surface area contributed by atoms with Crippen molar-refractivity contribution in [2.24, 2.45) is 0 Å². The molecule has 0 atom stereocenters. The minimum absolute atomic E-state index is 0.0568. The largest absolute Gasteiger partial charge is 0.294 e. The maximum absolute atomic E-state index is 11.1. The first-order valence-electron chi connectivity index (χ1n) is 5.43. The van der Waals surface area contributed by atoms with E-state index in [1.807, 2.05) is 0 Å². The number of ketones is 1. The van der Waals surface area contributed by atoms with Crippen molar-refractivity contribution in [3.63, 3.8) is 0 Å². The van der Waals surface area contributed by atoms with Crippen LogP contribution >= 0.6 is 11.6 Å². The van der Waals surface area contributed by atoms with Crippen molar-refractivity contribution in [1.29, 1.82) is 0 Å². The predicted molar refractivity (Wildman–Crippen MR) is 69.4 cm³/mol. The lowest BCUT2D eigenvalue weighted by molar-refractivity contribution is -0.384. The number of Topliss-reactive ketones (excluding diaryl/α,β-unsaturated/α-hetero) is 1. The molecule has 0 saturated heterocycles. The number of benzene rings is 1. The number of carbonyl (C=O) groups excluding carboxylic acids is 1. The van der Waals surface area contributed by atoms with E-state index in [1.54, 1.807) is 16.9 Å². The molecule has 2 aromatic rings. The monoisotopic (exact) mass is 279 g/mol. The average Bonchev–Trinajstić information content (AvgIpc) is 2.80. The zero-order valence-corrected chi connectivity index (χ0v) is 10.8. The summed E-state index contributed by atoms with van der Waals surface area (Å²) in [6.45, 7) is 1.81. The van der Waals surface area contributed by atoms with Gasteiger partial charge in [0.2, 0.25) is 0 Å². The number of hydrogen-bond donors (Lipinski definition) is 0. The van der Waals surface area contributed by atoms with Crippen LogP contribution in [0, 0.1) is 10.1 Å². The minimum Gasteiger partial charge on any atom is -0.294 e. The van der Waals surface area contributed by atoms with Gasteiger partial charge in [-0.15, -0.1) is 0 Å². The maximum Gasteiger partial charge on any atom is 0.270 e. The number of nitro benzene ring substituents is 1. The summed E-state index contributed by atoms with van der Waals surface area (Å²) in [7, 11) is 0. The van der Waals surface area contributed by atoms with Gasteiger partial charge in [0.05, 0.1) is 28.3 Å². The molecule has 6 nitrogen and oxygen atoms in total. The van der Waals surface area contributed by atoms with E-state index in [2.05, 4.69) is 5.10 Å². The Balaban J connectivity index is 2.23. The molecule has 0 spiro atoms. The summed E-state index contributed by atoms with van der Waals surface area (Å²) in [6, 6.07) is 4.26. The molecule has 1 aromatic heterocycles. The molecule has 98 valence electrons. The van der Waals surface area contributed by atoms with Gasteiger partial charge >= 0.3 is 0 Å². The molecular weight excluding hydrogens is 270 g/mol. The van der Waals surface area contributed by atoms with Crippen LogP contribution in [0.2, 0.25) is 5.02 Å². The van der Waals surface area contributed by atoms with E-state index in [0.29, 0.717) is 22.7 Å². The van der Waals surface area contributed by atoms with Crippen LogP contribution in [0.4, 0.5) is 5.69 Å². The molecule has 2 rings (SSSR count). The fourth-order valence-corrected chi connectivity index (χ4v) is 1.82. The zero-order valence-electron chi connectivity index (χ0n) is 10.0. The van der Waals surface area contributed by atoms with Gasteiger partial charge in [-0.05, 0) is 18.6 Å². The van der Waals surface area contributed by atoms with Gasteiger partial charge in [0.25, 0.3) is 5.69 Å². The second-order valence-electron chi connectivity index (χ2n) is 4.02. The van der Waals surface area contributed by atoms with Crippen molar-refractivity contribution in [3.05, 3.63) is 56.9 Å². The Labute approximate surface area is 113 Å². The van der Waals surface area contributed by atoms with E-state index in [1.165, 1.54) is 25.3 Å². The fourth-order valence-electron chi connectivity index (χ4n) is 1.58. The Kier molecular flexibility index (Phi) is 3.62. The molecule has 0 bridgehead atoms. The van der Waals surface area contributed by atoms with Gasteiger partial charge in [-0.25, -0.2) is 0 Å². The predicted octanol–water partition coefficient (Wildman–Crippen LogP) is 2.70. The van der Waals surface area contributed by atoms with E-state index in [-0.39, 0.29) is 11.5 Å². The van der Waals surface area contributed by atoms with E-state index >= 15 is 0 Å². The summed E-state index contributed by atoms with van der Waals surface area (Å²) in [5.41, 5.74) is 1.15. The summed E-state index contributed by atoms with van der Waals surface area (Å²) >= 11 is 5.98. The highest BCUT2D eigenvalue weighted by Gasteiger charge is 2.10. The molecule has 19 heavy (non-hydrogen) atoms. The lowest BCUT2D eigenvalue weighted by Crippen LogP contribution is -2.01. The number of nitrogens with zero attached hydrogens (tertiary/aromatic N) is 3. The van der Waals surface area contributed by atoms with Crippen molar-refractivity contribution < 1.29 is 9.72 Å². The van der Waals surface area contributed by atoms with Gasteiger partial charge < -0.3 is 0 Å². The molecule has 0 fully saturated rings. The highest BCUT2D eigenvalue weighted by atomic mass is 35.5. The molecule has 1 heterocycles. The Bertz CT molecular complexity index is 651. The molecule has 0 aliphatic rings. The normalized spacial score (nSPS) is 10.4. The number of halogens is 1. The van der Waals surface area contributed by atoms with Crippen LogP contribution in [0.25, 0.3) is 0 Å².